The largest absolute Gasteiger partial charge is 0.396 e. The molecule has 0 aromatic carbocycles. The summed E-state index contributed by atoms with van der Waals surface area (Å²) in [5.41, 5.74) is 1.24. The van der Waals surface area contributed by atoms with Gasteiger partial charge in [-0.25, -0.2) is 9.98 Å². The second kappa shape index (κ2) is 12.0. The van der Waals surface area contributed by atoms with Crippen molar-refractivity contribution in [3.8, 4) is 0 Å². The fourth-order valence-corrected chi connectivity index (χ4v) is 3.72. The SMILES string of the molecule is CCNC(=NCc1ccnc(N2CCOC(C)C2)c1)NCC(CC)(CC)CCO. The summed E-state index contributed by atoms with van der Waals surface area (Å²) in [7, 11) is 0. The molecule has 3 N–H and O–H groups in total. The van der Waals surface area contributed by atoms with Gasteiger partial charge in [-0.2, -0.15) is 0 Å². The van der Waals surface area contributed by atoms with E-state index >= 15 is 0 Å². The fourth-order valence-electron chi connectivity index (χ4n) is 3.72. The number of ether oxygens (including phenoxy) is 1. The van der Waals surface area contributed by atoms with Gasteiger partial charge in [-0.05, 0) is 56.2 Å². The third-order valence-electron chi connectivity index (χ3n) is 5.91. The lowest BCUT2D eigenvalue weighted by atomic mass is 9.79. The van der Waals surface area contributed by atoms with E-state index in [4.69, 9.17) is 9.73 Å². The lowest BCUT2D eigenvalue weighted by Crippen LogP contribution is -2.43. The van der Waals surface area contributed by atoms with Crippen LogP contribution in [-0.2, 0) is 11.3 Å². The molecule has 0 aliphatic carbocycles. The van der Waals surface area contributed by atoms with E-state index in [1.165, 1.54) is 0 Å². The smallest absolute Gasteiger partial charge is 0.191 e. The molecule has 1 unspecified atom stereocenters. The van der Waals surface area contributed by atoms with E-state index in [-0.39, 0.29) is 18.1 Å². The predicted molar refractivity (Wildman–Crippen MR) is 119 cm³/mol. The van der Waals surface area contributed by atoms with Crippen molar-refractivity contribution in [3.63, 3.8) is 0 Å². The van der Waals surface area contributed by atoms with Gasteiger partial charge in [0.25, 0.3) is 0 Å². The van der Waals surface area contributed by atoms with Gasteiger partial charge in [-0.1, -0.05) is 13.8 Å². The number of anilines is 1. The molecule has 1 fully saturated rings. The maximum atomic E-state index is 9.44. The molecule has 2 rings (SSSR count). The Morgan fingerprint density at radius 3 is 2.79 bits per heavy atom. The molecule has 1 aliphatic rings. The number of pyridine rings is 1. The van der Waals surface area contributed by atoms with Gasteiger partial charge in [0.1, 0.15) is 5.82 Å². The average Bonchev–Trinajstić information content (AvgIpc) is 2.75. The number of aromatic nitrogens is 1. The topological polar surface area (TPSA) is 82.0 Å². The standard InChI is InChI=1S/C22H39N5O2/c1-5-22(6-2,9-12-28)17-26-21(23-7-3)25-15-19-8-10-24-20(14-19)27-11-13-29-18(4)16-27/h8,10,14,18,28H,5-7,9,11-13,15-17H2,1-4H3,(H2,23,25,26). The van der Waals surface area contributed by atoms with Crippen molar-refractivity contribution in [3.05, 3.63) is 23.9 Å². The number of aliphatic hydroxyl groups excluding tert-OH is 1. The van der Waals surface area contributed by atoms with Crippen LogP contribution < -0.4 is 15.5 Å². The molecular formula is C22H39N5O2. The molecule has 29 heavy (non-hydrogen) atoms. The molecule has 0 spiro atoms. The van der Waals surface area contributed by atoms with Crippen LogP contribution in [0.1, 0.15) is 52.5 Å². The quantitative estimate of drug-likeness (QED) is 0.410. The van der Waals surface area contributed by atoms with Gasteiger partial charge in [-0.3, -0.25) is 0 Å². The van der Waals surface area contributed by atoms with E-state index in [1.807, 2.05) is 12.3 Å². The average molecular weight is 406 g/mol. The monoisotopic (exact) mass is 405 g/mol. The van der Waals surface area contributed by atoms with E-state index in [0.29, 0.717) is 6.54 Å². The first-order valence-corrected chi connectivity index (χ1v) is 11.0. The zero-order valence-electron chi connectivity index (χ0n) is 18.6. The molecule has 1 aromatic heterocycles. The Balaban J connectivity index is 2.03. The van der Waals surface area contributed by atoms with Gasteiger partial charge >= 0.3 is 0 Å². The van der Waals surface area contributed by atoms with Crippen molar-refractivity contribution in [1.29, 1.82) is 0 Å². The van der Waals surface area contributed by atoms with Crippen molar-refractivity contribution in [1.82, 2.24) is 15.6 Å². The van der Waals surface area contributed by atoms with E-state index in [1.54, 1.807) is 0 Å². The molecular weight excluding hydrogens is 366 g/mol. The predicted octanol–water partition coefficient (Wildman–Crippen LogP) is 2.55. The van der Waals surface area contributed by atoms with Crippen LogP contribution in [0.5, 0.6) is 0 Å². The fraction of sp³-hybridized carbons (Fsp3) is 0.727. The Labute approximate surface area is 176 Å². The van der Waals surface area contributed by atoms with Crippen molar-refractivity contribution in [2.45, 2.75) is 59.6 Å². The molecule has 2 heterocycles. The van der Waals surface area contributed by atoms with Crippen LogP contribution in [0, 0.1) is 5.41 Å². The molecule has 7 nitrogen and oxygen atoms in total. The van der Waals surface area contributed by atoms with Crippen LogP contribution in [0.25, 0.3) is 0 Å². The van der Waals surface area contributed by atoms with Crippen LogP contribution in [0.2, 0.25) is 0 Å². The molecule has 1 aliphatic heterocycles. The Morgan fingerprint density at radius 1 is 1.34 bits per heavy atom. The molecule has 1 saturated heterocycles. The van der Waals surface area contributed by atoms with E-state index in [0.717, 1.165) is 69.4 Å². The molecule has 0 bridgehead atoms. The number of hydrogen-bond acceptors (Lipinski definition) is 5. The number of nitrogens with zero attached hydrogens (tertiary/aromatic N) is 3. The summed E-state index contributed by atoms with van der Waals surface area (Å²) in [4.78, 5) is 11.6. The Kier molecular flexibility index (Phi) is 9.67. The first kappa shape index (κ1) is 23.4. The molecule has 164 valence electrons. The summed E-state index contributed by atoms with van der Waals surface area (Å²) in [5.74, 6) is 1.81. The first-order valence-electron chi connectivity index (χ1n) is 11.0. The van der Waals surface area contributed by atoms with E-state index < -0.39 is 0 Å². The Bertz CT molecular complexity index is 633. The summed E-state index contributed by atoms with van der Waals surface area (Å²) in [6, 6.07) is 4.15. The number of rotatable bonds is 10. The van der Waals surface area contributed by atoms with E-state index in [2.05, 4.69) is 54.3 Å². The molecule has 7 heteroatoms. The van der Waals surface area contributed by atoms with Gasteiger partial charge < -0.3 is 25.4 Å². The zero-order chi connectivity index (χ0) is 21.1. The highest BCUT2D eigenvalue weighted by Gasteiger charge is 2.25. The van der Waals surface area contributed by atoms with Gasteiger partial charge in [0, 0.05) is 39.0 Å². The maximum Gasteiger partial charge on any atom is 0.191 e. The molecule has 0 radical (unpaired) electrons. The van der Waals surface area contributed by atoms with Crippen molar-refractivity contribution in [2.24, 2.45) is 10.4 Å². The van der Waals surface area contributed by atoms with Crippen LogP contribution in [0.3, 0.4) is 0 Å². The molecule has 0 saturated carbocycles. The summed E-state index contributed by atoms with van der Waals surface area (Å²) in [6.45, 7) is 13.5. The second-order valence-electron chi connectivity index (χ2n) is 7.88. The Morgan fingerprint density at radius 2 is 2.14 bits per heavy atom. The third-order valence-corrected chi connectivity index (χ3v) is 5.91. The van der Waals surface area contributed by atoms with Crippen molar-refractivity contribution >= 4 is 11.8 Å². The lowest BCUT2D eigenvalue weighted by molar-refractivity contribution is 0.0529. The van der Waals surface area contributed by atoms with Crippen LogP contribution >= 0.6 is 0 Å². The minimum Gasteiger partial charge on any atom is -0.396 e. The molecule has 0 amide bonds. The summed E-state index contributed by atoms with van der Waals surface area (Å²) in [6.07, 6.45) is 4.96. The first-order chi connectivity index (χ1) is 14.1. The molecule has 1 aromatic rings. The van der Waals surface area contributed by atoms with Crippen molar-refractivity contribution in [2.75, 3.05) is 44.3 Å². The number of aliphatic hydroxyl groups is 1. The molecule has 1 atom stereocenters. The minimum absolute atomic E-state index is 0.0990. The van der Waals surface area contributed by atoms with Crippen molar-refractivity contribution < 1.29 is 9.84 Å². The normalized spacial score (nSPS) is 18.0. The van der Waals surface area contributed by atoms with Gasteiger partial charge in [0.2, 0.25) is 0 Å². The number of nitrogens with one attached hydrogen (secondary N) is 2. The minimum atomic E-state index is 0.0990. The lowest BCUT2D eigenvalue weighted by Gasteiger charge is -2.32. The maximum absolute atomic E-state index is 9.44. The summed E-state index contributed by atoms with van der Waals surface area (Å²) >= 11 is 0. The second-order valence-corrected chi connectivity index (χ2v) is 7.88. The number of guanidine groups is 1. The summed E-state index contributed by atoms with van der Waals surface area (Å²) < 4.78 is 5.63. The highest BCUT2D eigenvalue weighted by molar-refractivity contribution is 5.79. The van der Waals surface area contributed by atoms with Crippen LogP contribution in [-0.4, -0.2) is 61.5 Å². The van der Waals surface area contributed by atoms with Gasteiger partial charge in [0.15, 0.2) is 5.96 Å². The highest BCUT2D eigenvalue weighted by Crippen LogP contribution is 2.29. The third kappa shape index (κ3) is 7.16. The zero-order valence-corrected chi connectivity index (χ0v) is 18.6. The summed E-state index contributed by atoms with van der Waals surface area (Å²) in [5, 5.41) is 16.3. The van der Waals surface area contributed by atoms with E-state index in [9.17, 15) is 5.11 Å². The number of morpholine rings is 1. The van der Waals surface area contributed by atoms with Crippen LogP contribution in [0.4, 0.5) is 5.82 Å². The van der Waals surface area contributed by atoms with Gasteiger partial charge in [0.05, 0.1) is 19.3 Å². The Hall–Kier alpha value is -1.86. The highest BCUT2D eigenvalue weighted by atomic mass is 16.5. The number of hydrogen-bond donors (Lipinski definition) is 3. The van der Waals surface area contributed by atoms with Crippen LogP contribution in [0.15, 0.2) is 23.3 Å². The van der Waals surface area contributed by atoms with Gasteiger partial charge in [-0.15, -0.1) is 0 Å². The number of aliphatic imine (C=N–C) groups is 1.